The van der Waals surface area contributed by atoms with E-state index in [9.17, 15) is 24.0 Å². The molecule has 5 rings (SSSR count). The van der Waals surface area contributed by atoms with E-state index in [-0.39, 0.29) is 24.1 Å². The number of likely N-dealkylation sites (tertiary alicyclic amines) is 1. The van der Waals surface area contributed by atoms with E-state index in [1.54, 1.807) is 39.0 Å². The van der Waals surface area contributed by atoms with Gasteiger partial charge in [0.1, 0.15) is 11.6 Å². The highest BCUT2D eigenvalue weighted by Gasteiger charge is 2.44. The van der Waals surface area contributed by atoms with Gasteiger partial charge in [-0.25, -0.2) is 14.4 Å². The minimum atomic E-state index is -1.11. The SMILES string of the molecule is Cc1cn(C2C[C@@H](C(=O)OC(c3ccccc3)c3ccccc3)N(C(=O)OC(C)(C)C)C2)c(=O)n(C(=O)c2ccccc2)c1=O. The van der Waals surface area contributed by atoms with Crippen LogP contribution in [0.25, 0.3) is 0 Å². The van der Waals surface area contributed by atoms with Crippen LogP contribution in [0.4, 0.5) is 4.79 Å². The molecule has 0 aliphatic carbocycles. The van der Waals surface area contributed by atoms with E-state index in [0.717, 1.165) is 11.1 Å². The molecule has 0 saturated carbocycles. The van der Waals surface area contributed by atoms with Crippen LogP contribution in [-0.2, 0) is 14.3 Å². The van der Waals surface area contributed by atoms with Gasteiger partial charge in [-0.2, -0.15) is 4.57 Å². The Bertz CT molecular complexity index is 1770. The molecule has 45 heavy (non-hydrogen) atoms. The van der Waals surface area contributed by atoms with Crippen molar-refractivity contribution >= 4 is 18.0 Å². The largest absolute Gasteiger partial charge is 0.451 e. The minimum Gasteiger partial charge on any atom is -0.451 e. The van der Waals surface area contributed by atoms with Gasteiger partial charge in [0.05, 0.1) is 6.04 Å². The number of carbonyl (C=O) groups excluding carboxylic acids is 3. The van der Waals surface area contributed by atoms with Gasteiger partial charge < -0.3 is 9.47 Å². The summed E-state index contributed by atoms with van der Waals surface area (Å²) >= 11 is 0. The highest BCUT2D eigenvalue weighted by molar-refractivity contribution is 5.95. The van der Waals surface area contributed by atoms with E-state index in [0.29, 0.717) is 4.57 Å². The Morgan fingerprint density at radius 1 is 0.822 bits per heavy atom. The molecule has 0 spiro atoms. The molecule has 2 atom stereocenters. The molecule has 10 heteroatoms. The highest BCUT2D eigenvalue weighted by atomic mass is 16.6. The number of hydrogen-bond acceptors (Lipinski definition) is 7. The molecule has 3 aromatic carbocycles. The summed E-state index contributed by atoms with van der Waals surface area (Å²) in [7, 11) is 0. The number of carbonyl (C=O) groups is 3. The van der Waals surface area contributed by atoms with Crippen molar-refractivity contribution in [2.45, 2.75) is 57.9 Å². The fourth-order valence-corrected chi connectivity index (χ4v) is 5.39. The Balaban J connectivity index is 1.52. The van der Waals surface area contributed by atoms with Crippen molar-refractivity contribution < 1.29 is 23.9 Å². The number of benzene rings is 3. The molecule has 1 aliphatic rings. The van der Waals surface area contributed by atoms with Crippen LogP contribution in [0.2, 0.25) is 0 Å². The number of amides is 1. The van der Waals surface area contributed by atoms with Crippen molar-refractivity contribution in [3.63, 3.8) is 0 Å². The van der Waals surface area contributed by atoms with Crippen LogP contribution in [0, 0.1) is 6.92 Å². The summed E-state index contributed by atoms with van der Waals surface area (Å²) in [6.07, 6.45) is -0.149. The van der Waals surface area contributed by atoms with E-state index in [1.165, 1.54) is 34.7 Å². The fourth-order valence-electron chi connectivity index (χ4n) is 5.39. The fraction of sp³-hybridized carbons (Fsp3) is 0.286. The first kappa shape index (κ1) is 31.2. The first-order valence-corrected chi connectivity index (χ1v) is 14.7. The third-order valence-corrected chi connectivity index (χ3v) is 7.52. The van der Waals surface area contributed by atoms with Crippen molar-refractivity contribution in [3.8, 4) is 0 Å². The minimum absolute atomic E-state index is 0.00848. The molecule has 1 amide bonds. The van der Waals surface area contributed by atoms with E-state index in [1.807, 2.05) is 60.7 Å². The zero-order valence-corrected chi connectivity index (χ0v) is 25.6. The Labute approximate surface area is 260 Å². The second-order valence-corrected chi connectivity index (χ2v) is 12.0. The lowest BCUT2D eigenvalue weighted by molar-refractivity contribution is -0.152. The predicted molar refractivity (Wildman–Crippen MR) is 167 cm³/mol. The quantitative estimate of drug-likeness (QED) is 0.286. The molecule has 0 radical (unpaired) electrons. The van der Waals surface area contributed by atoms with Gasteiger partial charge in [-0.3, -0.25) is 19.1 Å². The molecule has 10 nitrogen and oxygen atoms in total. The molecule has 0 bridgehead atoms. The first-order valence-electron chi connectivity index (χ1n) is 14.7. The molecular formula is C35H35N3O7. The van der Waals surface area contributed by atoms with Crippen LogP contribution < -0.4 is 11.2 Å². The lowest BCUT2D eigenvalue weighted by atomic mass is 10.0. The van der Waals surface area contributed by atoms with Crippen molar-refractivity contribution in [1.29, 1.82) is 0 Å². The van der Waals surface area contributed by atoms with Crippen LogP contribution >= 0.6 is 0 Å². The van der Waals surface area contributed by atoms with Gasteiger partial charge in [0.2, 0.25) is 0 Å². The zero-order chi connectivity index (χ0) is 32.3. The van der Waals surface area contributed by atoms with Crippen molar-refractivity contribution in [3.05, 3.63) is 140 Å². The van der Waals surface area contributed by atoms with Crippen molar-refractivity contribution in [2.75, 3.05) is 6.54 Å². The van der Waals surface area contributed by atoms with Crippen molar-refractivity contribution in [2.24, 2.45) is 0 Å². The third kappa shape index (κ3) is 6.80. The van der Waals surface area contributed by atoms with E-state index in [4.69, 9.17) is 9.47 Å². The van der Waals surface area contributed by atoms with Crippen molar-refractivity contribution in [1.82, 2.24) is 14.0 Å². The number of esters is 1. The molecule has 4 aromatic rings. The van der Waals surface area contributed by atoms with Gasteiger partial charge in [-0.15, -0.1) is 0 Å². The molecule has 1 saturated heterocycles. The molecule has 2 heterocycles. The average molecular weight is 610 g/mol. The second-order valence-electron chi connectivity index (χ2n) is 12.0. The molecular weight excluding hydrogens is 574 g/mol. The topological polar surface area (TPSA) is 117 Å². The van der Waals surface area contributed by atoms with Gasteiger partial charge in [0, 0.05) is 30.3 Å². The highest BCUT2D eigenvalue weighted by Crippen LogP contribution is 2.32. The van der Waals surface area contributed by atoms with Crippen LogP contribution in [0.15, 0.2) is 107 Å². The summed E-state index contributed by atoms with van der Waals surface area (Å²) in [6, 6.07) is 24.7. The van der Waals surface area contributed by atoms with Crippen LogP contribution in [0.3, 0.4) is 0 Å². The van der Waals surface area contributed by atoms with Gasteiger partial charge in [-0.05, 0) is 51.0 Å². The third-order valence-electron chi connectivity index (χ3n) is 7.52. The Morgan fingerprint density at radius 2 is 1.36 bits per heavy atom. The standard InChI is InChI=1S/C35H35N3O7/c1-23-21-36(33(42)38(30(23)39)31(40)26-18-12-7-13-19-26)27-20-28(37(22-27)34(43)45-35(2,3)4)32(41)44-29(24-14-8-5-9-15-24)25-16-10-6-11-17-25/h5-19,21,27-29H,20,22H2,1-4H3/t27?,28-/m0/s1. The maximum Gasteiger partial charge on any atom is 0.411 e. The monoisotopic (exact) mass is 609 g/mol. The number of nitrogens with zero attached hydrogens (tertiary/aromatic N) is 3. The normalized spacial score (nSPS) is 16.4. The summed E-state index contributed by atoms with van der Waals surface area (Å²) < 4.78 is 13.6. The van der Waals surface area contributed by atoms with Crippen LogP contribution in [0.1, 0.15) is 66.4 Å². The smallest absolute Gasteiger partial charge is 0.411 e. The average Bonchev–Trinajstić information content (AvgIpc) is 3.48. The summed E-state index contributed by atoms with van der Waals surface area (Å²) in [5.41, 5.74) is -0.650. The summed E-state index contributed by atoms with van der Waals surface area (Å²) in [4.78, 5) is 68.7. The lowest BCUT2D eigenvalue weighted by Crippen LogP contribution is -2.46. The number of hydrogen-bond donors (Lipinski definition) is 0. The predicted octanol–water partition coefficient (Wildman–Crippen LogP) is 4.89. The van der Waals surface area contributed by atoms with Gasteiger partial charge in [0.25, 0.3) is 11.5 Å². The first-order chi connectivity index (χ1) is 21.4. The summed E-state index contributed by atoms with van der Waals surface area (Å²) in [5, 5.41) is 0. The molecule has 232 valence electrons. The van der Waals surface area contributed by atoms with E-state index >= 15 is 0 Å². The van der Waals surface area contributed by atoms with E-state index in [2.05, 4.69) is 0 Å². The van der Waals surface area contributed by atoms with Crippen LogP contribution in [-0.4, -0.2) is 50.2 Å². The zero-order valence-electron chi connectivity index (χ0n) is 25.6. The Hall–Kier alpha value is -5.25. The Kier molecular flexibility index (Phi) is 8.85. The molecule has 1 fully saturated rings. The number of ether oxygens (including phenoxy) is 2. The molecule has 1 aromatic heterocycles. The van der Waals surface area contributed by atoms with Crippen LogP contribution in [0.5, 0.6) is 0 Å². The van der Waals surface area contributed by atoms with E-state index < -0.39 is 53.0 Å². The lowest BCUT2D eigenvalue weighted by Gasteiger charge is -2.28. The molecule has 0 N–H and O–H groups in total. The maximum atomic E-state index is 14.0. The molecule has 1 unspecified atom stereocenters. The number of rotatable bonds is 6. The van der Waals surface area contributed by atoms with Gasteiger partial charge >= 0.3 is 17.8 Å². The van der Waals surface area contributed by atoms with Gasteiger partial charge in [0.15, 0.2) is 6.10 Å². The summed E-state index contributed by atoms with van der Waals surface area (Å²) in [6.45, 7) is 6.56. The summed E-state index contributed by atoms with van der Waals surface area (Å²) in [5.74, 6) is -1.45. The second kappa shape index (κ2) is 12.8. The number of aromatic nitrogens is 2. The van der Waals surface area contributed by atoms with Gasteiger partial charge in [-0.1, -0.05) is 78.9 Å². The number of aryl methyl sites for hydroxylation is 1. The Morgan fingerprint density at radius 3 is 1.89 bits per heavy atom. The molecule has 1 aliphatic heterocycles. The maximum absolute atomic E-state index is 14.0.